The van der Waals surface area contributed by atoms with E-state index in [9.17, 15) is 9.59 Å². The van der Waals surface area contributed by atoms with Gasteiger partial charge in [0.2, 0.25) is 6.79 Å². The fourth-order valence-corrected chi connectivity index (χ4v) is 3.01. The van der Waals surface area contributed by atoms with Gasteiger partial charge in [-0.25, -0.2) is 10.3 Å². The van der Waals surface area contributed by atoms with E-state index in [0.717, 1.165) is 6.08 Å². The predicted molar refractivity (Wildman–Crippen MR) is 113 cm³/mol. The minimum Gasteiger partial charge on any atom is -0.491 e. The lowest BCUT2D eigenvalue weighted by molar-refractivity contribution is -0.124. The van der Waals surface area contributed by atoms with Crippen molar-refractivity contribution in [2.75, 3.05) is 25.3 Å². The second-order valence-electron chi connectivity index (χ2n) is 6.85. The number of nitrogens with one attached hydrogen (secondary N) is 2. The number of benzene rings is 2. The second-order valence-corrected chi connectivity index (χ2v) is 6.85. The number of amides is 2. The number of anilines is 1. The molecule has 1 aliphatic heterocycles. The average Bonchev–Trinajstić information content (AvgIpc) is 3.27. The number of ether oxygens (including phenoxy) is 4. The fourth-order valence-electron chi connectivity index (χ4n) is 3.01. The van der Waals surface area contributed by atoms with Crippen molar-refractivity contribution < 1.29 is 38.9 Å². The molecule has 0 saturated heterocycles. The molecular weight excluding hydrogens is 420 g/mol. The van der Waals surface area contributed by atoms with Crippen LogP contribution in [0.4, 0.5) is 10.5 Å². The largest absolute Gasteiger partial charge is 0.491 e. The van der Waals surface area contributed by atoms with Crippen LogP contribution in [0.25, 0.3) is 0 Å². The van der Waals surface area contributed by atoms with Gasteiger partial charge in [-0.05, 0) is 29.8 Å². The zero-order valence-electron chi connectivity index (χ0n) is 17.3. The van der Waals surface area contributed by atoms with Crippen molar-refractivity contribution in [1.29, 1.82) is 0 Å². The van der Waals surface area contributed by atoms with E-state index in [1.165, 1.54) is 11.6 Å². The number of carbonyl (C=O) groups is 2. The van der Waals surface area contributed by atoms with Crippen molar-refractivity contribution in [3.05, 3.63) is 60.2 Å². The van der Waals surface area contributed by atoms with Gasteiger partial charge in [0.15, 0.2) is 11.5 Å². The molecule has 0 spiro atoms. The number of aliphatic hydroxyl groups is 1. The number of aliphatic hydroxyl groups excluding tert-OH is 1. The van der Waals surface area contributed by atoms with E-state index in [4.69, 9.17) is 29.3 Å². The fraction of sp³-hybridized carbons (Fsp3) is 0.273. The van der Waals surface area contributed by atoms with Gasteiger partial charge in [-0.1, -0.05) is 25.1 Å². The summed E-state index contributed by atoms with van der Waals surface area (Å²) in [6.07, 6.45) is 1.20. The summed E-state index contributed by atoms with van der Waals surface area (Å²) in [5, 5.41) is 20.2. The Morgan fingerprint density at radius 2 is 1.91 bits per heavy atom. The van der Waals surface area contributed by atoms with Gasteiger partial charge < -0.3 is 24.1 Å². The lowest BCUT2D eigenvalue weighted by Crippen LogP contribution is -2.22. The molecule has 1 heterocycles. The molecule has 0 saturated carbocycles. The summed E-state index contributed by atoms with van der Waals surface area (Å²) in [4.78, 5) is 24.0. The quantitative estimate of drug-likeness (QED) is 0.263. The van der Waals surface area contributed by atoms with Crippen molar-refractivity contribution in [3.63, 3.8) is 0 Å². The van der Waals surface area contributed by atoms with Crippen molar-refractivity contribution in [3.8, 4) is 17.2 Å². The van der Waals surface area contributed by atoms with E-state index >= 15 is 0 Å². The lowest BCUT2D eigenvalue weighted by atomic mass is 9.96. The molecule has 0 unspecified atom stereocenters. The average molecular weight is 444 g/mol. The van der Waals surface area contributed by atoms with Gasteiger partial charge in [0, 0.05) is 23.7 Å². The number of fused-ring (bicyclic) bond motifs is 1. The SMILES string of the molecule is C[C@@H](/C=C/C(=O)NO)[C@H](OC(=O)Nc1ccc2c(c1)OCO2)c1ccc(OCCO)cc1. The van der Waals surface area contributed by atoms with Crippen molar-refractivity contribution in [1.82, 2.24) is 5.48 Å². The Kier molecular flexibility index (Phi) is 7.90. The summed E-state index contributed by atoms with van der Waals surface area (Å²) in [7, 11) is 0. The molecule has 2 aromatic carbocycles. The number of carbonyl (C=O) groups excluding carboxylic acids is 2. The standard InChI is InChI=1S/C22H24N2O8/c1-14(2-9-20(26)24-28)21(15-3-6-17(7-4-15)29-11-10-25)32-22(27)23-16-5-8-18-19(12-16)31-13-30-18/h2-9,12,14,21,25,28H,10-11,13H2,1H3,(H,23,27)(H,24,26)/b9-2+/t14-,21-/m0/s1. The summed E-state index contributed by atoms with van der Waals surface area (Å²) in [5.74, 6) is 0.539. The van der Waals surface area contributed by atoms with Gasteiger partial charge in [-0.15, -0.1) is 0 Å². The van der Waals surface area contributed by atoms with Crippen molar-refractivity contribution >= 4 is 17.7 Å². The highest BCUT2D eigenvalue weighted by atomic mass is 16.7. The molecule has 0 radical (unpaired) electrons. The maximum absolute atomic E-state index is 12.6. The Labute approximate surface area is 184 Å². The molecular formula is C22H24N2O8. The summed E-state index contributed by atoms with van der Waals surface area (Å²) in [6, 6.07) is 11.8. The molecule has 10 heteroatoms. The third-order valence-electron chi connectivity index (χ3n) is 4.56. The molecule has 1 aliphatic rings. The van der Waals surface area contributed by atoms with Gasteiger partial charge in [0.1, 0.15) is 18.5 Å². The monoisotopic (exact) mass is 444 g/mol. The number of hydroxylamine groups is 1. The second kappa shape index (κ2) is 11.0. The molecule has 2 aromatic rings. The molecule has 2 amide bonds. The van der Waals surface area contributed by atoms with Gasteiger partial charge in [-0.3, -0.25) is 15.3 Å². The van der Waals surface area contributed by atoms with E-state index in [2.05, 4.69) is 5.32 Å². The Morgan fingerprint density at radius 1 is 1.16 bits per heavy atom. The highest BCUT2D eigenvalue weighted by Gasteiger charge is 2.23. The van der Waals surface area contributed by atoms with Gasteiger partial charge >= 0.3 is 6.09 Å². The van der Waals surface area contributed by atoms with Crippen molar-refractivity contribution in [2.45, 2.75) is 13.0 Å². The molecule has 32 heavy (non-hydrogen) atoms. The summed E-state index contributed by atoms with van der Waals surface area (Å²) >= 11 is 0. The Balaban J connectivity index is 1.74. The van der Waals surface area contributed by atoms with E-state index < -0.39 is 24.0 Å². The maximum Gasteiger partial charge on any atom is 0.412 e. The minimum atomic E-state index is -0.751. The number of rotatable bonds is 9. The molecule has 4 N–H and O–H groups in total. The highest BCUT2D eigenvalue weighted by Crippen LogP contribution is 2.35. The first-order valence-corrected chi connectivity index (χ1v) is 9.83. The highest BCUT2D eigenvalue weighted by molar-refractivity contribution is 5.86. The molecule has 0 aliphatic carbocycles. The Morgan fingerprint density at radius 3 is 2.62 bits per heavy atom. The van der Waals surface area contributed by atoms with Gasteiger partial charge in [0.25, 0.3) is 5.91 Å². The molecule has 170 valence electrons. The molecule has 2 atom stereocenters. The minimum absolute atomic E-state index is 0.109. The Hall–Kier alpha value is -3.76. The van der Waals surface area contributed by atoms with Crippen LogP contribution in [0.1, 0.15) is 18.6 Å². The van der Waals surface area contributed by atoms with Crippen LogP contribution in [0.5, 0.6) is 17.2 Å². The zero-order valence-corrected chi connectivity index (χ0v) is 17.3. The van der Waals surface area contributed by atoms with Crippen LogP contribution in [0.3, 0.4) is 0 Å². The normalized spacial score (nSPS) is 14.0. The summed E-state index contributed by atoms with van der Waals surface area (Å²) < 4.78 is 21.6. The lowest BCUT2D eigenvalue weighted by Gasteiger charge is -2.23. The van der Waals surface area contributed by atoms with Gasteiger partial charge in [-0.2, -0.15) is 0 Å². The van der Waals surface area contributed by atoms with E-state index in [-0.39, 0.29) is 20.0 Å². The third-order valence-corrected chi connectivity index (χ3v) is 4.56. The first-order chi connectivity index (χ1) is 15.5. The number of hydrogen-bond donors (Lipinski definition) is 4. The molecule has 0 aromatic heterocycles. The van der Waals surface area contributed by atoms with E-state index in [1.54, 1.807) is 49.4 Å². The first kappa shape index (κ1) is 22.9. The summed E-state index contributed by atoms with van der Waals surface area (Å²) in [6.45, 7) is 1.93. The van der Waals surface area contributed by atoms with Crippen LogP contribution >= 0.6 is 0 Å². The molecule has 3 rings (SSSR count). The Bertz CT molecular complexity index is 961. The van der Waals surface area contributed by atoms with Gasteiger partial charge in [0.05, 0.1) is 6.61 Å². The molecule has 10 nitrogen and oxygen atoms in total. The topological polar surface area (TPSA) is 136 Å². The van der Waals surface area contributed by atoms with Crippen molar-refractivity contribution in [2.24, 2.45) is 5.92 Å². The first-order valence-electron chi connectivity index (χ1n) is 9.83. The van der Waals surface area contributed by atoms with Crippen LogP contribution in [-0.4, -0.2) is 42.3 Å². The van der Waals surface area contributed by atoms with Crippen LogP contribution < -0.4 is 25.0 Å². The van der Waals surface area contributed by atoms with Crippen LogP contribution in [-0.2, 0) is 9.53 Å². The maximum atomic E-state index is 12.6. The summed E-state index contributed by atoms with van der Waals surface area (Å²) in [5.41, 5.74) is 2.64. The molecule has 0 fully saturated rings. The van der Waals surface area contributed by atoms with Crippen LogP contribution in [0.15, 0.2) is 54.6 Å². The van der Waals surface area contributed by atoms with Crippen LogP contribution in [0.2, 0.25) is 0 Å². The molecule has 0 bridgehead atoms. The number of hydrogen-bond acceptors (Lipinski definition) is 8. The third kappa shape index (κ3) is 6.13. The van der Waals surface area contributed by atoms with Crippen LogP contribution in [0, 0.1) is 5.92 Å². The van der Waals surface area contributed by atoms with E-state index in [0.29, 0.717) is 28.5 Å². The predicted octanol–water partition coefficient (Wildman–Crippen LogP) is 2.77. The van der Waals surface area contributed by atoms with E-state index in [1.807, 2.05) is 0 Å². The zero-order chi connectivity index (χ0) is 22.9. The smallest absolute Gasteiger partial charge is 0.412 e.